The van der Waals surface area contributed by atoms with E-state index in [4.69, 9.17) is 0 Å². The first-order valence-electron chi connectivity index (χ1n) is 7.29. The second-order valence-electron chi connectivity index (χ2n) is 5.60. The number of hydrogen-bond donors (Lipinski definition) is 1. The molecule has 2 heteroatoms. The molecule has 2 atom stereocenters. The third-order valence-electron chi connectivity index (χ3n) is 4.63. The third-order valence-corrected chi connectivity index (χ3v) is 4.63. The van der Waals surface area contributed by atoms with Crippen LogP contribution in [-0.2, 0) is 0 Å². The molecule has 0 aliphatic heterocycles. The Balaban J connectivity index is 1.74. The number of hydrogen-bond acceptors (Lipinski definition) is 2. The van der Waals surface area contributed by atoms with Gasteiger partial charge in [-0.3, -0.25) is 0 Å². The Morgan fingerprint density at radius 3 is 2.38 bits per heavy atom. The molecule has 94 valence electrons. The highest BCUT2D eigenvalue weighted by Crippen LogP contribution is 2.34. The van der Waals surface area contributed by atoms with Gasteiger partial charge in [-0.1, -0.05) is 20.3 Å². The van der Waals surface area contributed by atoms with Gasteiger partial charge in [0.25, 0.3) is 0 Å². The fourth-order valence-electron chi connectivity index (χ4n) is 3.11. The Morgan fingerprint density at radius 1 is 1.12 bits per heavy atom. The van der Waals surface area contributed by atoms with Gasteiger partial charge >= 0.3 is 0 Å². The summed E-state index contributed by atoms with van der Waals surface area (Å²) in [6.45, 7) is 9.54. The predicted molar refractivity (Wildman–Crippen MR) is 69.6 cm³/mol. The lowest BCUT2D eigenvalue weighted by atomic mass is 9.77. The van der Waals surface area contributed by atoms with Crippen LogP contribution in [0.15, 0.2) is 0 Å². The van der Waals surface area contributed by atoms with Crippen LogP contribution in [0.5, 0.6) is 0 Å². The molecule has 0 aromatic heterocycles. The van der Waals surface area contributed by atoms with Crippen LogP contribution in [0.1, 0.15) is 46.0 Å². The van der Waals surface area contributed by atoms with E-state index in [0.717, 1.165) is 24.4 Å². The second kappa shape index (κ2) is 6.02. The maximum atomic E-state index is 3.51. The van der Waals surface area contributed by atoms with Crippen molar-refractivity contribution in [2.45, 2.75) is 52.0 Å². The van der Waals surface area contributed by atoms with E-state index in [-0.39, 0.29) is 0 Å². The lowest BCUT2D eigenvalue weighted by Gasteiger charge is -2.46. The van der Waals surface area contributed by atoms with E-state index < -0.39 is 0 Å². The van der Waals surface area contributed by atoms with Crippen molar-refractivity contribution in [3.05, 3.63) is 0 Å². The van der Waals surface area contributed by atoms with Gasteiger partial charge < -0.3 is 10.2 Å². The maximum Gasteiger partial charge on any atom is 0.0136 e. The molecule has 0 aromatic carbocycles. The highest BCUT2D eigenvalue weighted by atomic mass is 15.2. The SMILES string of the molecule is CCNCC1CCC1N(CC)CC1CCC1. The third kappa shape index (κ3) is 2.78. The van der Waals surface area contributed by atoms with Crippen LogP contribution >= 0.6 is 0 Å². The lowest BCUT2D eigenvalue weighted by Crippen LogP contribution is -2.52. The van der Waals surface area contributed by atoms with Crippen molar-refractivity contribution < 1.29 is 0 Å². The van der Waals surface area contributed by atoms with Crippen LogP contribution in [0.25, 0.3) is 0 Å². The molecule has 2 aliphatic carbocycles. The molecule has 0 heterocycles. The van der Waals surface area contributed by atoms with E-state index in [0.29, 0.717) is 0 Å². The van der Waals surface area contributed by atoms with Crippen LogP contribution in [0.2, 0.25) is 0 Å². The van der Waals surface area contributed by atoms with Gasteiger partial charge in [0.2, 0.25) is 0 Å². The van der Waals surface area contributed by atoms with Gasteiger partial charge in [-0.2, -0.15) is 0 Å². The van der Waals surface area contributed by atoms with Crippen LogP contribution in [-0.4, -0.2) is 37.1 Å². The van der Waals surface area contributed by atoms with Crippen LogP contribution < -0.4 is 5.32 Å². The molecule has 2 saturated carbocycles. The molecule has 0 bridgehead atoms. The fourth-order valence-corrected chi connectivity index (χ4v) is 3.11. The summed E-state index contributed by atoms with van der Waals surface area (Å²) < 4.78 is 0. The monoisotopic (exact) mass is 224 g/mol. The summed E-state index contributed by atoms with van der Waals surface area (Å²) in [4.78, 5) is 2.76. The molecule has 2 unspecified atom stereocenters. The normalized spacial score (nSPS) is 30.2. The Kier molecular flexibility index (Phi) is 4.66. The van der Waals surface area contributed by atoms with Gasteiger partial charge in [0.05, 0.1) is 0 Å². The Labute approximate surface area is 101 Å². The molecule has 2 nitrogen and oxygen atoms in total. The summed E-state index contributed by atoms with van der Waals surface area (Å²) >= 11 is 0. The van der Waals surface area contributed by atoms with Gasteiger partial charge in [-0.15, -0.1) is 0 Å². The highest BCUT2D eigenvalue weighted by Gasteiger charge is 2.35. The van der Waals surface area contributed by atoms with Crippen molar-refractivity contribution >= 4 is 0 Å². The van der Waals surface area contributed by atoms with E-state index in [9.17, 15) is 0 Å². The smallest absolute Gasteiger partial charge is 0.0136 e. The summed E-state index contributed by atoms with van der Waals surface area (Å²) in [7, 11) is 0. The molecular weight excluding hydrogens is 196 g/mol. The molecule has 0 spiro atoms. The Bertz CT molecular complexity index is 201. The first kappa shape index (κ1) is 12.4. The quantitative estimate of drug-likeness (QED) is 0.715. The van der Waals surface area contributed by atoms with Crippen LogP contribution in [0, 0.1) is 11.8 Å². The average Bonchev–Trinajstić information content (AvgIpc) is 2.20. The van der Waals surface area contributed by atoms with Crippen molar-refractivity contribution in [2.24, 2.45) is 11.8 Å². The van der Waals surface area contributed by atoms with E-state index in [1.807, 2.05) is 0 Å². The van der Waals surface area contributed by atoms with Gasteiger partial charge in [-0.25, -0.2) is 0 Å². The lowest BCUT2D eigenvalue weighted by molar-refractivity contribution is 0.0416. The first-order valence-corrected chi connectivity index (χ1v) is 7.29. The van der Waals surface area contributed by atoms with Gasteiger partial charge in [0, 0.05) is 12.6 Å². The van der Waals surface area contributed by atoms with Crippen molar-refractivity contribution in [1.29, 1.82) is 0 Å². The van der Waals surface area contributed by atoms with E-state index in [1.54, 1.807) is 0 Å². The second-order valence-corrected chi connectivity index (χ2v) is 5.60. The minimum absolute atomic E-state index is 0.893. The zero-order valence-corrected chi connectivity index (χ0v) is 11.0. The van der Waals surface area contributed by atoms with Crippen molar-refractivity contribution in [3.63, 3.8) is 0 Å². The van der Waals surface area contributed by atoms with Crippen molar-refractivity contribution in [1.82, 2.24) is 10.2 Å². The highest BCUT2D eigenvalue weighted by molar-refractivity contribution is 4.91. The maximum absolute atomic E-state index is 3.51. The standard InChI is InChI=1S/C14H28N2/c1-3-15-10-13-8-9-14(13)16(4-2)11-12-6-5-7-12/h12-15H,3-11H2,1-2H3. The van der Waals surface area contributed by atoms with Gasteiger partial charge in [0.1, 0.15) is 0 Å². The fraction of sp³-hybridized carbons (Fsp3) is 1.00. The van der Waals surface area contributed by atoms with Crippen molar-refractivity contribution in [2.75, 3.05) is 26.2 Å². The van der Waals surface area contributed by atoms with Gasteiger partial charge in [0.15, 0.2) is 0 Å². The number of nitrogens with one attached hydrogen (secondary N) is 1. The molecule has 2 aliphatic rings. The molecule has 0 saturated heterocycles. The molecule has 1 N–H and O–H groups in total. The summed E-state index contributed by atoms with van der Waals surface area (Å²) in [5, 5.41) is 3.51. The summed E-state index contributed by atoms with van der Waals surface area (Å²) in [5.41, 5.74) is 0. The molecule has 0 amide bonds. The average molecular weight is 224 g/mol. The molecule has 2 rings (SSSR count). The molecule has 2 fully saturated rings. The minimum atomic E-state index is 0.893. The minimum Gasteiger partial charge on any atom is -0.317 e. The van der Waals surface area contributed by atoms with Gasteiger partial charge in [-0.05, 0) is 57.2 Å². The number of rotatable bonds is 7. The Morgan fingerprint density at radius 2 is 1.94 bits per heavy atom. The summed E-state index contributed by atoms with van der Waals surface area (Å²) in [6.07, 6.45) is 7.34. The topological polar surface area (TPSA) is 15.3 Å². The van der Waals surface area contributed by atoms with E-state index in [2.05, 4.69) is 24.1 Å². The predicted octanol–water partition coefficient (Wildman–Crippen LogP) is 2.50. The molecule has 0 radical (unpaired) electrons. The molecule has 0 aromatic rings. The number of nitrogens with zero attached hydrogens (tertiary/aromatic N) is 1. The van der Waals surface area contributed by atoms with E-state index in [1.165, 1.54) is 51.7 Å². The molecular formula is C14H28N2. The zero-order chi connectivity index (χ0) is 11.4. The zero-order valence-electron chi connectivity index (χ0n) is 11.0. The van der Waals surface area contributed by atoms with Crippen LogP contribution in [0.3, 0.4) is 0 Å². The van der Waals surface area contributed by atoms with E-state index >= 15 is 0 Å². The molecule has 16 heavy (non-hydrogen) atoms. The Hall–Kier alpha value is -0.0800. The van der Waals surface area contributed by atoms with Crippen LogP contribution in [0.4, 0.5) is 0 Å². The van der Waals surface area contributed by atoms with Crippen molar-refractivity contribution in [3.8, 4) is 0 Å². The summed E-state index contributed by atoms with van der Waals surface area (Å²) in [5.74, 6) is 1.96. The first-order chi connectivity index (χ1) is 7.85. The largest absolute Gasteiger partial charge is 0.317 e. The summed E-state index contributed by atoms with van der Waals surface area (Å²) in [6, 6.07) is 0.893.